The molecule has 0 bridgehead atoms. The van der Waals surface area contributed by atoms with E-state index in [0.29, 0.717) is 30.4 Å². The molecule has 11 heteroatoms. The summed E-state index contributed by atoms with van der Waals surface area (Å²) in [6.07, 6.45) is 5.65. The summed E-state index contributed by atoms with van der Waals surface area (Å²) < 4.78 is 6.83. The normalized spacial score (nSPS) is 13.7. The van der Waals surface area contributed by atoms with Crippen LogP contribution in [0.4, 0.5) is 22.9 Å². The highest BCUT2D eigenvalue weighted by molar-refractivity contribution is 6.01. The molecular formula is C21H19N9O2. The molecule has 0 unspecified atom stereocenters. The number of hydrogen-bond acceptors (Lipinski definition) is 9. The van der Waals surface area contributed by atoms with Gasteiger partial charge in [0.05, 0.1) is 25.1 Å². The van der Waals surface area contributed by atoms with E-state index in [0.717, 1.165) is 18.8 Å². The fourth-order valence-corrected chi connectivity index (χ4v) is 3.07. The molecule has 1 fully saturated rings. The first-order valence-corrected chi connectivity index (χ1v) is 9.76. The molecule has 3 heterocycles. The third kappa shape index (κ3) is 4.66. The van der Waals surface area contributed by atoms with Gasteiger partial charge in [-0.25, -0.2) is 14.6 Å². The Labute approximate surface area is 183 Å². The molecule has 4 rings (SSSR count). The summed E-state index contributed by atoms with van der Waals surface area (Å²) in [7, 11) is 0. The van der Waals surface area contributed by atoms with Crippen LogP contribution >= 0.6 is 0 Å². The third-order valence-corrected chi connectivity index (χ3v) is 4.67. The van der Waals surface area contributed by atoms with E-state index >= 15 is 0 Å². The van der Waals surface area contributed by atoms with Gasteiger partial charge in [0, 0.05) is 31.0 Å². The van der Waals surface area contributed by atoms with Gasteiger partial charge in [0.2, 0.25) is 11.7 Å². The minimum absolute atomic E-state index is 0.129. The summed E-state index contributed by atoms with van der Waals surface area (Å²) in [5, 5.41) is 24.9. The number of ether oxygens (including phenoxy) is 1. The van der Waals surface area contributed by atoms with Crippen LogP contribution in [0.15, 0.2) is 65.9 Å². The quantitative estimate of drug-likeness (QED) is 0.470. The maximum absolute atomic E-state index is 12.0. The molecule has 0 atom stereocenters. The average Bonchev–Trinajstić information content (AvgIpc) is 3.27. The van der Waals surface area contributed by atoms with Crippen molar-refractivity contribution in [1.29, 1.82) is 5.26 Å². The second-order valence-electron chi connectivity index (χ2n) is 6.68. The highest BCUT2D eigenvalue weighted by Crippen LogP contribution is 2.32. The van der Waals surface area contributed by atoms with Crippen molar-refractivity contribution in [2.75, 3.05) is 36.5 Å². The number of carbonyl (C=O) groups is 1. The van der Waals surface area contributed by atoms with Gasteiger partial charge >= 0.3 is 0 Å². The summed E-state index contributed by atoms with van der Waals surface area (Å²) in [5.74, 6) is 0.252. The number of anilines is 2. The summed E-state index contributed by atoms with van der Waals surface area (Å²) in [4.78, 5) is 22.1. The number of rotatable bonds is 6. The van der Waals surface area contributed by atoms with Crippen molar-refractivity contribution in [1.82, 2.24) is 19.7 Å². The van der Waals surface area contributed by atoms with Crippen LogP contribution in [0.3, 0.4) is 0 Å². The van der Waals surface area contributed by atoms with Crippen molar-refractivity contribution in [2.24, 2.45) is 10.2 Å². The lowest BCUT2D eigenvalue weighted by Crippen LogP contribution is -2.36. The largest absolute Gasteiger partial charge is 0.378 e. The Hall–Kier alpha value is -4.43. The Morgan fingerprint density at radius 2 is 2.12 bits per heavy atom. The van der Waals surface area contributed by atoms with Gasteiger partial charge in [0.25, 0.3) is 0 Å². The van der Waals surface area contributed by atoms with Crippen molar-refractivity contribution in [2.45, 2.75) is 0 Å². The van der Waals surface area contributed by atoms with Crippen molar-refractivity contribution in [3.63, 3.8) is 0 Å². The number of nitrogens with one attached hydrogen (secondary N) is 1. The van der Waals surface area contributed by atoms with E-state index in [1.54, 1.807) is 18.3 Å². The fourth-order valence-electron chi connectivity index (χ4n) is 3.07. The van der Waals surface area contributed by atoms with Crippen LogP contribution in [0.2, 0.25) is 0 Å². The summed E-state index contributed by atoms with van der Waals surface area (Å²) in [6, 6.07) is 9.18. The van der Waals surface area contributed by atoms with Gasteiger partial charge in [0.1, 0.15) is 23.6 Å². The number of nitrogens with zero attached hydrogens (tertiary/aromatic N) is 8. The zero-order chi connectivity index (χ0) is 22.3. The second-order valence-corrected chi connectivity index (χ2v) is 6.68. The molecule has 1 aliphatic heterocycles. The van der Waals surface area contributed by atoms with Crippen LogP contribution in [-0.2, 0) is 9.53 Å². The van der Waals surface area contributed by atoms with E-state index in [1.165, 1.54) is 23.3 Å². The topological polar surface area (TPSA) is 134 Å². The lowest BCUT2D eigenvalue weighted by molar-refractivity contribution is -0.111. The molecule has 2 aromatic heterocycles. The maximum atomic E-state index is 12.0. The van der Waals surface area contributed by atoms with Gasteiger partial charge in [-0.05, 0) is 24.3 Å². The predicted octanol–water partition coefficient (Wildman–Crippen LogP) is 2.91. The molecule has 3 aromatic rings. The molecule has 0 saturated carbocycles. The van der Waals surface area contributed by atoms with E-state index in [9.17, 15) is 10.1 Å². The van der Waals surface area contributed by atoms with E-state index in [-0.39, 0.29) is 17.3 Å². The zero-order valence-corrected chi connectivity index (χ0v) is 17.0. The number of benzene rings is 1. The van der Waals surface area contributed by atoms with E-state index in [2.05, 4.69) is 42.1 Å². The summed E-state index contributed by atoms with van der Waals surface area (Å²) in [5.41, 5.74) is 2.04. The lowest BCUT2D eigenvalue weighted by atomic mass is 10.2. The van der Waals surface area contributed by atoms with Gasteiger partial charge < -0.3 is 15.0 Å². The van der Waals surface area contributed by atoms with Gasteiger partial charge in [-0.3, -0.25) is 4.79 Å². The molecule has 1 aliphatic rings. The van der Waals surface area contributed by atoms with Crippen molar-refractivity contribution < 1.29 is 9.53 Å². The first-order valence-electron chi connectivity index (χ1n) is 9.76. The van der Waals surface area contributed by atoms with Crippen LogP contribution in [0.5, 0.6) is 0 Å². The van der Waals surface area contributed by atoms with Gasteiger partial charge in [-0.2, -0.15) is 5.26 Å². The number of carbonyl (C=O) groups excluding carboxylic acids is 1. The van der Waals surface area contributed by atoms with E-state index in [4.69, 9.17) is 4.74 Å². The average molecular weight is 429 g/mol. The third-order valence-electron chi connectivity index (χ3n) is 4.67. The highest BCUT2D eigenvalue weighted by atomic mass is 16.5. The molecule has 32 heavy (non-hydrogen) atoms. The Morgan fingerprint density at radius 3 is 2.84 bits per heavy atom. The molecule has 1 saturated heterocycles. The van der Waals surface area contributed by atoms with Gasteiger partial charge in [0.15, 0.2) is 5.82 Å². The molecule has 1 aromatic carbocycles. The summed E-state index contributed by atoms with van der Waals surface area (Å²) >= 11 is 0. The smallest absolute Gasteiger partial charge is 0.247 e. The Bertz CT molecular complexity index is 1190. The van der Waals surface area contributed by atoms with Crippen molar-refractivity contribution >= 4 is 28.8 Å². The monoisotopic (exact) mass is 429 g/mol. The van der Waals surface area contributed by atoms with Crippen molar-refractivity contribution in [3.05, 3.63) is 61.2 Å². The Balaban J connectivity index is 1.65. The molecular weight excluding hydrogens is 410 g/mol. The molecule has 0 radical (unpaired) electrons. The predicted molar refractivity (Wildman–Crippen MR) is 116 cm³/mol. The number of azo groups is 1. The summed E-state index contributed by atoms with van der Waals surface area (Å²) in [6.45, 7) is 6.28. The molecule has 1 amide bonds. The second kappa shape index (κ2) is 9.59. The molecule has 160 valence electrons. The number of amides is 1. The SMILES string of the molecule is C=CC(=O)Nc1cc(N2CCOCC2)ccc1N=Nc1nn(-c2ccncn2)cc1C#N. The van der Waals surface area contributed by atoms with Crippen LogP contribution in [-0.4, -0.2) is 52.0 Å². The van der Waals surface area contributed by atoms with E-state index < -0.39 is 0 Å². The molecule has 1 N–H and O–H groups in total. The highest BCUT2D eigenvalue weighted by Gasteiger charge is 2.15. The minimum Gasteiger partial charge on any atom is -0.378 e. The maximum Gasteiger partial charge on any atom is 0.247 e. The first-order chi connectivity index (χ1) is 15.7. The van der Waals surface area contributed by atoms with Gasteiger partial charge in [-0.1, -0.05) is 6.58 Å². The van der Waals surface area contributed by atoms with E-state index in [1.807, 2.05) is 18.2 Å². The fraction of sp³-hybridized carbons (Fsp3) is 0.190. The van der Waals surface area contributed by atoms with Crippen LogP contribution < -0.4 is 10.2 Å². The molecule has 0 spiro atoms. The molecule has 0 aliphatic carbocycles. The number of aromatic nitrogens is 4. The zero-order valence-electron chi connectivity index (χ0n) is 17.0. The number of hydrogen-bond donors (Lipinski definition) is 1. The molecule has 11 nitrogen and oxygen atoms in total. The van der Waals surface area contributed by atoms with Crippen LogP contribution in [0.1, 0.15) is 5.56 Å². The Morgan fingerprint density at radius 1 is 1.28 bits per heavy atom. The minimum atomic E-state index is -0.369. The number of nitriles is 1. The number of morpholine rings is 1. The van der Waals surface area contributed by atoms with Gasteiger partial charge in [-0.15, -0.1) is 15.3 Å². The first kappa shape index (κ1) is 20.8. The van der Waals surface area contributed by atoms with Crippen LogP contribution in [0.25, 0.3) is 5.82 Å². The lowest BCUT2D eigenvalue weighted by Gasteiger charge is -2.29. The van der Waals surface area contributed by atoms with Crippen LogP contribution in [0, 0.1) is 11.3 Å². The Kier molecular flexibility index (Phi) is 6.24. The van der Waals surface area contributed by atoms with Crippen molar-refractivity contribution in [3.8, 4) is 11.9 Å². The standard InChI is InChI=1S/C21H19N9O2/c1-2-20(31)25-18-11-16(29-7-9-32-10-8-29)3-4-17(18)26-27-21-15(12-22)13-30(28-21)19-5-6-23-14-24-19/h2-6,11,13-14H,1,7-10H2,(H,25,31).